The van der Waals surface area contributed by atoms with Crippen LogP contribution in [0.5, 0.6) is 0 Å². The predicted molar refractivity (Wildman–Crippen MR) is 48.4 cm³/mol. The molecule has 0 bridgehead atoms. The predicted octanol–water partition coefficient (Wildman–Crippen LogP) is 0.988. The highest BCUT2D eigenvalue weighted by Crippen LogP contribution is 2.20. The normalized spacial score (nSPS) is 25.8. The van der Waals surface area contributed by atoms with Crippen LogP contribution in [0.2, 0.25) is 0 Å². The minimum Gasteiger partial charge on any atom is -0.444 e. The second-order valence-corrected chi connectivity index (χ2v) is 4.11. The fourth-order valence-corrected chi connectivity index (χ4v) is 1.06. The number of carbonyl (C=O) groups excluding carboxylic acids is 1. The first-order valence-corrected chi connectivity index (χ1v) is 4.33. The lowest BCUT2D eigenvalue weighted by Gasteiger charge is -2.40. The van der Waals surface area contributed by atoms with Crippen LogP contribution < -0.4 is 0 Å². The van der Waals surface area contributed by atoms with Gasteiger partial charge in [-0.2, -0.15) is 0 Å². The molecule has 0 radical (unpaired) electrons. The van der Waals surface area contributed by atoms with Crippen molar-refractivity contribution in [1.29, 1.82) is 0 Å². The van der Waals surface area contributed by atoms with Crippen molar-refractivity contribution in [1.82, 2.24) is 4.90 Å². The molecule has 1 rings (SSSR count). The summed E-state index contributed by atoms with van der Waals surface area (Å²) in [6, 6.07) is -0.785. The highest BCUT2D eigenvalue weighted by molar-refractivity contribution is 5.69. The summed E-state index contributed by atoms with van der Waals surface area (Å²) in [5.74, 6) is 0. The van der Waals surface area contributed by atoms with Crippen LogP contribution in [0.3, 0.4) is 0 Å². The van der Waals surface area contributed by atoms with Gasteiger partial charge in [0.2, 0.25) is 0 Å². The van der Waals surface area contributed by atoms with E-state index in [0.29, 0.717) is 13.0 Å². The van der Waals surface area contributed by atoms with Crippen LogP contribution in [0.1, 0.15) is 29.9 Å². The average Bonchev–Trinajstić information content (AvgIpc) is 1.72. The van der Waals surface area contributed by atoms with Crippen LogP contribution in [-0.4, -0.2) is 40.8 Å². The summed E-state index contributed by atoms with van der Waals surface area (Å²) in [6.45, 7) is 3.31. The van der Waals surface area contributed by atoms with Crippen molar-refractivity contribution in [3.05, 3.63) is 0 Å². The third kappa shape index (κ3) is 2.59. The van der Waals surface area contributed by atoms with Gasteiger partial charge in [-0.05, 0) is 27.2 Å². The fourth-order valence-electron chi connectivity index (χ4n) is 1.06. The van der Waals surface area contributed by atoms with Crippen LogP contribution in [0.4, 0.5) is 4.79 Å². The average molecular weight is 189 g/mol. The molecule has 1 atom stereocenters. The lowest BCUT2D eigenvalue weighted by Crippen LogP contribution is -2.54. The smallest absolute Gasteiger partial charge is 0.410 e. The number of aliphatic hydroxyl groups is 1. The van der Waals surface area contributed by atoms with Crippen molar-refractivity contribution in [2.24, 2.45) is 0 Å². The zero-order valence-corrected chi connectivity index (χ0v) is 8.20. The van der Waals surface area contributed by atoms with Crippen LogP contribution in [0.25, 0.3) is 0 Å². The molecule has 0 aliphatic carbocycles. The summed E-state index contributed by atoms with van der Waals surface area (Å²) in [4.78, 5) is 12.7. The molecule has 0 saturated carbocycles. The maximum absolute atomic E-state index is 11.5. The first-order chi connectivity index (χ1) is 6.61. The summed E-state index contributed by atoms with van der Waals surface area (Å²) >= 11 is 0. The van der Waals surface area contributed by atoms with Crippen LogP contribution in [0.15, 0.2) is 0 Å². The van der Waals surface area contributed by atoms with Gasteiger partial charge in [-0.15, -0.1) is 0 Å². The van der Waals surface area contributed by atoms with Crippen LogP contribution in [0, 0.1) is 0 Å². The van der Waals surface area contributed by atoms with Gasteiger partial charge in [0.25, 0.3) is 0 Å². The molecule has 4 heteroatoms. The van der Waals surface area contributed by atoms with Crippen LogP contribution in [-0.2, 0) is 4.74 Å². The van der Waals surface area contributed by atoms with Crippen LogP contribution >= 0.6 is 0 Å². The Bertz CT molecular complexity index is 257. The molecule has 13 heavy (non-hydrogen) atoms. The van der Waals surface area contributed by atoms with Gasteiger partial charge < -0.3 is 14.7 Å². The Labute approximate surface area is 81.3 Å². The Morgan fingerprint density at radius 1 is 1.77 bits per heavy atom. The van der Waals surface area contributed by atoms with Gasteiger partial charge in [0.15, 0.2) is 0 Å². The molecule has 1 amide bonds. The van der Waals surface area contributed by atoms with E-state index in [9.17, 15) is 4.79 Å². The zero-order valence-electron chi connectivity index (χ0n) is 10.2. The van der Waals surface area contributed by atoms with Gasteiger partial charge in [0.1, 0.15) is 5.60 Å². The first-order valence-electron chi connectivity index (χ1n) is 5.33. The van der Waals surface area contributed by atoms with Crippen molar-refractivity contribution in [3.8, 4) is 0 Å². The number of hydrogen-bond donors (Lipinski definition) is 1. The third-order valence-electron chi connectivity index (χ3n) is 1.80. The van der Waals surface area contributed by atoms with Gasteiger partial charge in [-0.3, -0.25) is 0 Å². The van der Waals surface area contributed by atoms with E-state index in [4.69, 9.17) is 12.6 Å². The molecule has 76 valence electrons. The van der Waals surface area contributed by atoms with Crippen molar-refractivity contribution < 1.29 is 17.4 Å². The van der Waals surface area contributed by atoms with E-state index in [1.165, 1.54) is 4.90 Å². The number of rotatable bonds is 1. The lowest BCUT2D eigenvalue weighted by atomic mass is 10.1. The minimum absolute atomic E-state index is 0.430. The van der Waals surface area contributed by atoms with Crippen molar-refractivity contribution in [2.45, 2.75) is 38.8 Å². The summed E-state index contributed by atoms with van der Waals surface area (Å²) in [6.07, 6.45) is -0.111. The topological polar surface area (TPSA) is 49.8 Å². The summed E-state index contributed by atoms with van der Waals surface area (Å²) < 4.78 is 19.3. The van der Waals surface area contributed by atoms with E-state index in [0.717, 1.165) is 0 Å². The molecule has 0 aromatic rings. The molecular weight excluding hydrogens is 170 g/mol. The Kier molecular flexibility index (Phi) is 2.07. The number of hydrogen-bond acceptors (Lipinski definition) is 3. The van der Waals surface area contributed by atoms with E-state index in [2.05, 4.69) is 0 Å². The molecular formula is C9H17NO3. The van der Waals surface area contributed by atoms with E-state index in [-0.39, 0.29) is 0 Å². The maximum atomic E-state index is 11.5. The zero-order chi connectivity index (χ0) is 11.9. The molecule has 0 spiro atoms. The molecule has 4 nitrogen and oxygen atoms in total. The maximum Gasteiger partial charge on any atom is 0.410 e. The number of ether oxygens (including phenoxy) is 1. The fraction of sp³-hybridized carbons (Fsp3) is 0.889. The minimum atomic E-state index is -2.35. The van der Waals surface area contributed by atoms with E-state index < -0.39 is 24.3 Å². The Hall–Kier alpha value is -0.770. The lowest BCUT2D eigenvalue weighted by molar-refractivity contribution is -0.0166. The van der Waals surface area contributed by atoms with Gasteiger partial charge in [0, 0.05) is 6.54 Å². The largest absolute Gasteiger partial charge is 0.444 e. The van der Waals surface area contributed by atoms with Gasteiger partial charge in [-0.25, -0.2) is 4.79 Å². The quantitative estimate of drug-likeness (QED) is 0.669. The Balaban J connectivity index is 2.56. The number of likely N-dealkylation sites (tertiary alicyclic amines) is 1. The molecule has 0 aromatic heterocycles. The summed E-state index contributed by atoms with van der Waals surface area (Å²) in [7, 11) is 0. The van der Waals surface area contributed by atoms with Gasteiger partial charge >= 0.3 is 6.09 Å². The van der Waals surface area contributed by atoms with E-state index >= 15 is 0 Å². The summed E-state index contributed by atoms with van der Waals surface area (Å²) in [5, 5.41) is 9.14. The highest BCUT2D eigenvalue weighted by Gasteiger charge is 2.34. The number of amides is 1. The standard InChI is InChI=1S/C9H17NO3/c1-9(2,3)13-8(12)10-5-4-7(10)6-11/h7,11H,4-6H2,1-3H3/t7-/m0/s1/i6D2. The SMILES string of the molecule is [2H]C([2H])(O)[C@@H]1CCN1C(=O)OC(C)(C)C. The molecule has 1 saturated heterocycles. The Morgan fingerprint density at radius 2 is 2.38 bits per heavy atom. The molecule has 1 aliphatic rings. The van der Waals surface area contributed by atoms with E-state index in [1.807, 2.05) is 0 Å². The van der Waals surface area contributed by atoms with E-state index in [1.54, 1.807) is 20.8 Å². The second-order valence-electron chi connectivity index (χ2n) is 4.11. The Morgan fingerprint density at radius 3 is 2.69 bits per heavy atom. The third-order valence-corrected chi connectivity index (χ3v) is 1.80. The van der Waals surface area contributed by atoms with Crippen molar-refractivity contribution in [3.63, 3.8) is 0 Å². The van der Waals surface area contributed by atoms with Gasteiger partial charge in [-0.1, -0.05) is 0 Å². The first kappa shape index (κ1) is 7.62. The molecule has 1 aliphatic heterocycles. The molecule has 0 aromatic carbocycles. The number of carbonyl (C=O) groups is 1. The molecule has 1 N–H and O–H groups in total. The second kappa shape index (κ2) is 3.54. The highest BCUT2D eigenvalue weighted by atomic mass is 16.6. The molecule has 1 heterocycles. The monoisotopic (exact) mass is 189 g/mol. The van der Waals surface area contributed by atoms with Crippen molar-refractivity contribution >= 4 is 6.09 Å². The van der Waals surface area contributed by atoms with Crippen molar-refractivity contribution in [2.75, 3.05) is 13.1 Å². The number of nitrogens with zero attached hydrogens (tertiary/aromatic N) is 1. The molecule has 1 fully saturated rings. The van der Waals surface area contributed by atoms with Gasteiger partial charge in [0.05, 0.1) is 15.3 Å². The summed E-state index contributed by atoms with van der Waals surface area (Å²) in [5.41, 5.74) is -0.598. The molecule has 0 unspecified atom stereocenters.